The molecule has 0 saturated heterocycles. The molecule has 0 aromatic carbocycles. The van der Waals surface area contributed by atoms with E-state index in [1.165, 1.54) is 94.7 Å². The average Bonchev–Trinajstić information content (AvgIpc) is 2.88. The second-order valence-corrected chi connectivity index (χ2v) is 9.23. The Balaban J connectivity index is 1.51. The fourth-order valence-corrected chi connectivity index (χ4v) is 5.64. The van der Waals surface area contributed by atoms with Gasteiger partial charge >= 0.3 is 0 Å². The van der Waals surface area contributed by atoms with E-state index in [-0.39, 0.29) is 11.9 Å². The normalized spacial score (nSPS) is 23.4. The molecule has 1 aromatic heterocycles. The summed E-state index contributed by atoms with van der Waals surface area (Å²) in [6.45, 7) is 2.21. The number of carbonyl (C=O) groups is 1. The Morgan fingerprint density at radius 1 is 0.926 bits per heavy atom. The zero-order chi connectivity index (χ0) is 18.6. The summed E-state index contributed by atoms with van der Waals surface area (Å²) in [5.74, 6) is 0.715. The van der Waals surface area contributed by atoms with Gasteiger partial charge in [-0.25, -0.2) is 0 Å². The van der Waals surface area contributed by atoms with Gasteiger partial charge in [0.25, 0.3) is 5.91 Å². The molecule has 3 aliphatic rings. The van der Waals surface area contributed by atoms with E-state index in [1.807, 2.05) is 0 Å². The maximum absolute atomic E-state index is 13.2. The molecule has 4 heteroatoms. The van der Waals surface area contributed by atoms with E-state index in [0.717, 1.165) is 18.5 Å². The number of hydrogen-bond donors (Lipinski definition) is 1. The minimum Gasteiger partial charge on any atom is -0.348 e. The van der Waals surface area contributed by atoms with Crippen molar-refractivity contribution < 1.29 is 4.79 Å². The van der Waals surface area contributed by atoms with Crippen LogP contribution in [0, 0.1) is 5.92 Å². The number of fused-ring (bicyclic) bond motifs is 1. The first-order valence-corrected chi connectivity index (χ1v) is 11.6. The zero-order valence-electron chi connectivity index (χ0n) is 17.1. The van der Waals surface area contributed by atoms with Gasteiger partial charge in [-0.1, -0.05) is 44.9 Å². The second-order valence-electron chi connectivity index (χ2n) is 9.23. The smallest absolute Gasteiger partial charge is 0.272 e. The predicted octanol–water partition coefficient (Wildman–Crippen LogP) is 5.36. The van der Waals surface area contributed by atoms with Crippen LogP contribution in [-0.2, 0) is 12.8 Å². The minimum atomic E-state index is 0.0828. The van der Waals surface area contributed by atoms with E-state index in [0.29, 0.717) is 12.0 Å². The van der Waals surface area contributed by atoms with Gasteiger partial charge in [-0.15, -0.1) is 0 Å². The summed E-state index contributed by atoms with van der Waals surface area (Å²) in [5.41, 5.74) is 3.38. The van der Waals surface area contributed by atoms with Crippen molar-refractivity contribution in [3.8, 4) is 0 Å². The van der Waals surface area contributed by atoms with Crippen LogP contribution >= 0.6 is 0 Å². The van der Waals surface area contributed by atoms with Crippen LogP contribution in [0.3, 0.4) is 0 Å². The number of rotatable bonds is 4. The Hall–Kier alpha value is -1.32. The summed E-state index contributed by atoms with van der Waals surface area (Å²) in [5, 5.41) is 8.28. The number of amides is 1. The fraction of sp³-hybridized carbons (Fsp3) is 0.826. The first kappa shape index (κ1) is 19.0. The summed E-state index contributed by atoms with van der Waals surface area (Å²) in [6, 6.07) is 0.779. The Morgan fingerprint density at radius 2 is 1.56 bits per heavy atom. The van der Waals surface area contributed by atoms with Gasteiger partial charge in [0.05, 0.1) is 6.04 Å². The molecule has 1 amide bonds. The molecular weight excluding hydrogens is 334 g/mol. The standard InChI is InChI=1S/C23H37N3O/c1-17(18-11-5-2-3-6-12-18)24-23(27)22-20-15-9-10-16-21(20)26(25-22)19-13-7-4-8-14-19/h17-19H,2-16H2,1H3,(H,24,27). The summed E-state index contributed by atoms with van der Waals surface area (Å²) >= 11 is 0. The van der Waals surface area contributed by atoms with Crippen LogP contribution in [0.5, 0.6) is 0 Å². The van der Waals surface area contributed by atoms with Gasteiger partial charge in [0.1, 0.15) is 0 Å². The second kappa shape index (κ2) is 8.79. The van der Waals surface area contributed by atoms with E-state index in [1.54, 1.807) is 0 Å². The Kier molecular flexibility index (Phi) is 6.19. The molecule has 1 aromatic rings. The molecule has 4 nitrogen and oxygen atoms in total. The number of hydrogen-bond acceptors (Lipinski definition) is 2. The van der Waals surface area contributed by atoms with E-state index < -0.39 is 0 Å². The molecule has 2 saturated carbocycles. The van der Waals surface area contributed by atoms with Crippen LogP contribution in [0.2, 0.25) is 0 Å². The molecule has 0 spiro atoms. The summed E-state index contributed by atoms with van der Waals surface area (Å²) in [4.78, 5) is 13.2. The molecule has 1 heterocycles. The lowest BCUT2D eigenvalue weighted by Crippen LogP contribution is -2.38. The van der Waals surface area contributed by atoms with Crippen molar-refractivity contribution in [3.63, 3.8) is 0 Å². The highest BCUT2D eigenvalue weighted by molar-refractivity contribution is 5.94. The van der Waals surface area contributed by atoms with Crippen molar-refractivity contribution in [3.05, 3.63) is 17.0 Å². The van der Waals surface area contributed by atoms with Gasteiger partial charge in [0.2, 0.25) is 0 Å². The molecule has 4 rings (SSSR count). The highest BCUT2D eigenvalue weighted by Crippen LogP contribution is 2.33. The highest BCUT2D eigenvalue weighted by Gasteiger charge is 2.30. The van der Waals surface area contributed by atoms with E-state index in [2.05, 4.69) is 16.9 Å². The maximum atomic E-state index is 13.2. The van der Waals surface area contributed by atoms with Gasteiger partial charge in [-0.2, -0.15) is 5.10 Å². The first-order chi connectivity index (χ1) is 13.2. The molecule has 0 bridgehead atoms. The lowest BCUT2D eigenvalue weighted by atomic mass is 9.91. The van der Waals surface area contributed by atoms with E-state index in [9.17, 15) is 4.79 Å². The van der Waals surface area contributed by atoms with Gasteiger partial charge in [-0.05, 0) is 64.2 Å². The topological polar surface area (TPSA) is 46.9 Å². The molecule has 1 unspecified atom stereocenters. The van der Waals surface area contributed by atoms with Crippen molar-refractivity contribution in [2.45, 2.75) is 115 Å². The van der Waals surface area contributed by atoms with Gasteiger partial charge < -0.3 is 5.32 Å². The molecule has 1 atom stereocenters. The van der Waals surface area contributed by atoms with Crippen LogP contribution in [0.25, 0.3) is 0 Å². The van der Waals surface area contributed by atoms with Crippen LogP contribution in [0.4, 0.5) is 0 Å². The third-order valence-corrected chi connectivity index (χ3v) is 7.31. The molecule has 0 radical (unpaired) electrons. The molecule has 27 heavy (non-hydrogen) atoms. The quantitative estimate of drug-likeness (QED) is 0.725. The van der Waals surface area contributed by atoms with Crippen LogP contribution in [0.15, 0.2) is 0 Å². The number of nitrogens with zero attached hydrogens (tertiary/aromatic N) is 2. The Labute approximate surface area is 164 Å². The van der Waals surface area contributed by atoms with Gasteiger partial charge in [-0.3, -0.25) is 9.48 Å². The van der Waals surface area contributed by atoms with Crippen molar-refractivity contribution in [1.82, 2.24) is 15.1 Å². The summed E-state index contributed by atoms with van der Waals surface area (Å²) < 4.78 is 2.28. The number of carbonyl (C=O) groups excluding carboxylic acids is 1. The van der Waals surface area contributed by atoms with Gasteiger partial charge in [0, 0.05) is 17.3 Å². The molecular formula is C23H37N3O. The third-order valence-electron chi connectivity index (χ3n) is 7.31. The van der Waals surface area contributed by atoms with Crippen LogP contribution in [0.1, 0.15) is 118 Å². The predicted molar refractivity (Wildman–Crippen MR) is 109 cm³/mol. The monoisotopic (exact) mass is 371 g/mol. The fourth-order valence-electron chi connectivity index (χ4n) is 5.64. The molecule has 1 N–H and O–H groups in total. The summed E-state index contributed by atoms with van der Waals surface area (Å²) in [7, 11) is 0. The van der Waals surface area contributed by atoms with Gasteiger partial charge in [0.15, 0.2) is 5.69 Å². The van der Waals surface area contributed by atoms with Crippen molar-refractivity contribution >= 4 is 5.91 Å². The Bertz CT molecular complexity index is 636. The summed E-state index contributed by atoms with van der Waals surface area (Å²) in [6.07, 6.45) is 18.9. The maximum Gasteiger partial charge on any atom is 0.272 e. The molecule has 3 aliphatic carbocycles. The molecule has 150 valence electrons. The van der Waals surface area contributed by atoms with Crippen molar-refractivity contribution in [1.29, 1.82) is 0 Å². The zero-order valence-corrected chi connectivity index (χ0v) is 17.1. The lowest BCUT2D eigenvalue weighted by molar-refractivity contribution is 0.0916. The van der Waals surface area contributed by atoms with Crippen molar-refractivity contribution in [2.75, 3.05) is 0 Å². The molecule has 0 aliphatic heterocycles. The number of aromatic nitrogens is 2. The minimum absolute atomic E-state index is 0.0828. The lowest BCUT2D eigenvalue weighted by Gasteiger charge is -2.25. The third kappa shape index (κ3) is 4.25. The molecule has 2 fully saturated rings. The largest absolute Gasteiger partial charge is 0.348 e. The highest BCUT2D eigenvalue weighted by atomic mass is 16.2. The van der Waals surface area contributed by atoms with Crippen LogP contribution in [-0.4, -0.2) is 21.7 Å². The Morgan fingerprint density at radius 3 is 2.30 bits per heavy atom. The number of nitrogens with one attached hydrogen (secondary N) is 1. The van der Waals surface area contributed by atoms with Crippen molar-refractivity contribution in [2.24, 2.45) is 5.92 Å². The average molecular weight is 372 g/mol. The van der Waals surface area contributed by atoms with E-state index in [4.69, 9.17) is 5.10 Å². The SMILES string of the molecule is CC(NC(=O)c1nn(C2CCCCC2)c2c1CCCC2)C1CCCCCC1. The van der Waals surface area contributed by atoms with Crippen LogP contribution < -0.4 is 5.32 Å². The first-order valence-electron chi connectivity index (χ1n) is 11.6. The van der Waals surface area contributed by atoms with E-state index >= 15 is 0 Å².